The van der Waals surface area contributed by atoms with Gasteiger partial charge in [-0.1, -0.05) is 12.1 Å². The van der Waals surface area contributed by atoms with Crippen molar-refractivity contribution in [1.29, 1.82) is 0 Å². The number of hydrogen-bond donors (Lipinski definition) is 2. The molecule has 1 aliphatic carbocycles. The van der Waals surface area contributed by atoms with Crippen LogP contribution in [0.3, 0.4) is 0 Å². The molecule has 2 rings (SSSR count). The highest BCUT2D eigenvalue weighted by Gasteiger charge is 2.39. The van der Waals surface area contributed by atoms with E-state index in [-0.39, 0.29) is 11.5 Å². The lowest BCUT2D eigenvalue weighted by Crippen LogP contribution is -2.45. The van der Waals surface area contributed by atoms with Crippen molar-refractivity contribution in [2.24, 2.45) is 0 Å². The van der Waals surface area contributed by atoms with Gasteiger partial charge in [-0.05, 0) is 51.2 Å². The number of benzene rings is 1. The van der Waals surface area contributed by atoms with E-state index in [1.165, 1.54) is 26.8 Å². The van der Waals surface area contributed by atoms with Crippen molar-refractivity contribution < 1.29 is 27.1 Å². The summed E-state index contributed by atoms with van der Waals surface area (Å²) < 4.78 is 53.8. The van der Waals surface area contributed by atoms with Gasteiger partial charge >= 0.3 is 5.97 Å². The van der Waals surface area contributed by atoms with Gasteiger partial charge in [-0.15, -0.1) is 0 Å². The third kappa shape index (κ3) is 3.92. The number of carbonyl (C=O) groups is 1. The Hall–Kier alpha value is -1.54. The SMILES string of the molecule is CC(C)(C)S(=O)(=O)N[C@@H](c1cc(C2CC2)ccc1F)[C@@H](F)C(=O)O. The van der Waals surface area contributed by atoms with Gasteiger partial charge in [0.05, 0.1) is 10.8 Å². The molecule has 134 valence electrons. The summed E-state index contributed by atoms with van der Waals surface area (Å²) in [5.41, 5.74) is 0.464. The van der Waals surface area contributed by atoms with Crippen LogP contribution in [0.2, 0.25) is 0 Å². The van der Waals surface area contributed by atoms with Gasteiger partial charge in [-0.25, -0.2) is 26.7 Å². The minimum Gasteiger partial charge on any atom is -0.479 e. The van der Waals surface area contributed by atoms with Gasteiger partial charge in [0.2, 0.25) is 16.2 Å². The molecule has 1 saturated carbocycles. The van der Waals surface area contributed by atoms with Crippen LogP contribution in [0, 0.1) is 5.82 Å². The molecule has 0 aromatic heterocycles. The van der Waals surface area contributed by atoms with E-state index in [9.17, 15) is 22.0 Å². The lowest BCUT2D eigenvalue weighted by molar-refractivity contribution is -0.143. The standard InChI is InChI=1S/C16H21F2NO4S/c1-16(2,3)24(22,23)19-14(13(18)15(20)21)11-8-10(9-4-5-9)6-7-12(11)17/h6-9,13-14,19H,4-5H2,1-3H3,(H,20,21)/t13-,14+/m1/s1. The molecule has 24 heavy (non-hydrogen) atoms. The van der Waals surface area contributed by atoms with Crippen molar-refractivity contribution in [1.82, 2.24) is 4.72 Å². The summed E-state index contributed by atoms with van der Waals surface area (Å²) >= 11 is 0. The predicted octanol–water partition coefficient (Wildman–Crippen LogP) is 2.88. The van der Waals surface area contributed by atoms with E-state index >= 15 is 0 Å². The fourth-order valence-electron chi connectivity index (χ4n) is 2.24. The maximum absolute atomic E-state index is 14.2. The summed E-state index contributed by atoms with van der Waals surface area (Å²) in [6.07, 6.45) is -0.769. The quantitative estimate of drug-likeness (QED) is 0.816. The smallest absolute Gasteiger partial charge is 0.340 e. The zero-order valence-electron chi connectivity index (χ0n) is 13.7. The summed E-state index contributed by atoms with van der Waals surface area (Å²) in [4.78, 5) is 11.1. The van der Waals surface area contributed by atoms with Crippen LogP contribution < -0.4 is 4.72 Å². The lowest BCUT2D eigenvalue weighted by atomic mass is 9.98. The van der Waals surface area contributed by atoms with Gasteiger partial charge in [-0.2, -0.15) is 0 Å². The third-order valence-corrected chi connectivity index (χ3v) is 6.20. The van der Waals surface area contributed by atoms with Crippen LogP contribution in [-0.2, 0) is 14.8 Å². The van der Waals surface area contributed by atoms with Crippen LogP contribution in [0.25, 0.3) is 0 Å². The molecule has 1 aliphatic rings. The van der Waals surface area contributed by atoms with E-state index in [0.29, 0.717) is 0 Å². The van der Waals surface area contributed by atoms with E-state index in [4.69, 9.17) is 5.11 Å². The molecule has 8 heteroatoms. The number of halogens is 2. The fraction of sp³-hybridized carbons (Fsp3) is 0.562. The highest BCUT2D eigenvalue weighted by molar-refractivity contribution is 7.90. The van der Waals surface area contributed by atoms with E-state index in [0.717, 1.165) is 24.5 Å². The Morgan fingerprint density at radius 3 is 2.38 bits per heavy atom. The maximum atomic E-state index is 14.2. The van der Waals surface area contributed by atoms with Crippen molar-refractivity contribution in [3.63, 3.8) is 0 Å². The summed E-state index contributed by atoms with van der Waals surface area (Å²) in [6, 6.07) is 2.21. The Bertz CT molecular complexity index is 739. The molecule has 1 aromatic rings. The molecule has 0 bridgehead atoms. The summed E-state index contributed by atoms with van der Waals surface area (Å²) in [7, 11) is -4.08. The second kappa shape index (κ2) is 6.40. The first-order chi connectivity index (χ1) is 10.9. The molecule has 0 heterocycles. The van der Waals surface area contributed by atoms with Crippen LogP contribution in [0.5, 0.6) is 0 Å². The molecule has 1 aromatic carbocycles. The summed E-state index contributed by atoms with van der Waals surface area (Å²) in [5, 5.41) is 8.96. The van der Waals surface area contributed by atoms with Crippen molar-refractivity contribution >= 4 is 16.0 Å². The molecule has 1 fully saturated rings. The van der Waals surface area contributed by atoms with Gasteiger partial charge in [0.25, 0.3) is 0 Å². The van der Waals surface area contributed by atoms with E-state index in [1.54, 1.807) is 6.07 Å². The maximum Gasteiger partial charge on any atom is 0.340 e. The second-order valence-electron chi connectivity index (χ2n) is 7.01. The van der Waals surface area contributed by atoms with Crippen LogP contribution in [0.4, 0.5) is 8.78 Å². The second-order valence-corrected chi connectivity index (χ2v) is 9.47. The Balaban J connectivity index is 2.47. The Labute approximate surface area is 140 Å². The molecule has 0 spiro atoms. The van der Waals surface area contributed by atoms with Crippen molar-refractivity contribution in [2.75, 3.05) is 0 Å². The van der Waals surface area contributed by atoms with Gasteiger partial charge in [0.1, 0.15) is 5.82 Å². The van der Waals surface area contributed by atoms with Crippen LogP contribution in [0.15, 0.2) is 18.2 Å². The number of sulfonamides is 1. The van der Waals surface area contributed by atoms with Crippen LogP contribution >= 0.6 is 0 Å². The van der Waals surface area contributed by atoms with Crippen molar-refractivity contribution in [2.45, 2.75) is 56.5 Å². The molecule has 5 nitrogen and oxygen atoms in total. The van der Waals surface area contributed by atoms with Gasteiger partial charge in [-0.3, -0.25) is 0 Å². The molecular formula is C16H21F2NO4S. The molecule has 0 radical (unpaired) electrons. The Morgan fingerprint density at radius 1 is 1.33 bits per heavy atom. The largest absolute Gasteiger partial charge is 0.479 e. The minimum absolute atomic E-state index is 0.229. The number of alkyl halides is 1. The Morgan fingerprint density at radius 2 is 1.92 bits per heavy atom. The van der Waals surface area contributed by atoms with Crippen LogP contribution in [-0.4, -0.2) is 30.4 Å². The summed E-state index contributed by atoms with van der Waals surface area (Å²) in [5.74, 6) is -2.47. The highest BCUT2D eigenvalue weighted by atomic mass is 32.2. The predicted molar refractivity (Wildman–Crippen MR) is 85.5 cm³/mol. The normalized spacial score (nSPS) is 18.2. The number of carboxylic acid groups (broad SMARTS) is 1. The van der Waals surface area contributed by atoms with E-state index < -0.39 is 38.8 Å². The number of nitrogens with one attached hydrogen (secondary N) is 1. The van der Waals surface area contributed by atoms with E-state index in [2.05, 4.69) is 0 Å². The van der Waals surface area contributed by atoms with Crippen molar-refractivity contribution in [3.05, 3.63) is 35.1 Å². The third-order valence-electron chi connectivity index (χ3n) is 4.02. The molecule has 0 unspecified atom stereocenters. The molecule has 0 saturated heterocycles. The number of aliphatic carboxylic acids is 1. The number of carboxylic acids is 1. The monoisotopic (exact) mass is 361 g/mol. The number of rotatable bonds is 6. The fourth-order valence-corrected chi connectivity index (χ4v) is 3.17. The molecule has 0 amide bonds. The molecule has 2 N–H and O–H groups in total. The average Bonchev–Trinajstić information content (AvgIpc) is 3.28. The minimum atomic E-state index is -4.08. The average molecular weight is 361 g/mol. The topological polar surface area (TPSA) is 83.5 Å². The first-order valence-corrected chi connectivity index (χ1v) is 9.10. The first-order valence-electron chi connectivity index (χ1n) is 7.62. The van der Waals surface area contributed by atoms with Gasteiger partial charge < -0.3 is 5.11 Å². The van der Waals surface area contributed by atoms with Gasteiger partial charge in [0, 0.05) is 5.56 Å². The zero-order chi connectivity index (χ0) is 18.3. The molecule has 0 aliphatic heterocycles. The highest BCUT2D eigenvalue weighted by Crippen LogP contribution is 2.41. The van der Waals surface area contributed by atoms with Crippen LogP contribution in [0.1, 0.15) is 56.7 Å². The van der Waals surface area contributed by atoms with Gasteiger partial charge in [0.15, 0.2) is 0 Å². The van der Waals surface area contributed by atoms with Crippen molar-refractivity contribution in [3.8, 4) is 0 Å². The molecular weight excluding hydrogens is 340 g/mol. The van der Waals surface area contributed by atoms with E-state index in [1.807, 2.05) is 4.72 Å². The number of hydrogen-bond acceptors (Lipinski definition) is 3. The molecule has 2 atom stereocenters. The zero-order valence-corrected chi connectivity index (χ0v) is 14.5. The lowest BCUT2D eigenvalue weighted by Gasteiger charge is -2.26. The Kier molecular flexibility index (Phi) is 5.01. The summed E-state index contributed by atoms with van der Waals surface area (Å²) in [6.45, 7) is 4.16. The first kappa shape index (κ1) is 18.8.